The molecular formula is C35H59NO6SSi2. The van der Waals surface area contributed by atoms with Gasteiger partial charge in [0.1, 0.15) is 11.9 Å². The molecular weight excluding hydrogens is 619 g/mol. The van der Waals surface area contributed by atoms with Crippen molar-refractivity contribution in [3.63, 3.8) is 0 Å². The Balaban J connectivity index is 2.62. The lowest BCUT2D eigenvalue weighted by atomic mass is 9.73. The number of methoxy groups -OCH3 is 1. The molecule has 1 aliphatic heterocycles. The average molecular weight is 678 g/mol. The quantitative estimate of drug-likeness (QED) is 0.154. The van der Waals surface area contributed by atoms with Gasteiger partial charge >= 0.3 is 5.97 Å². The molecule has 1 aromatic heterocycles. The van der Waals surface area contributed by atoms with Crippen LogP contribution in [0.1, 0.15) is 77.4 Å². The summed E-state index contributed by atoms with van der Waals surface area (Å²) in [5.74, 6) is -0.498. The molecule has 0 fully saturated rings. The Hall–Kier alpha value is -1.86. The minimum absolute atomic E-state index is 0.00936. The SMILES string of the molecule is COC=CC1=CC[C@@H](C(C)=Cc2csc(C)n2)OC(=O)CC(O[Si](C)(C)C)C(C)(C)C(=O)[C@H](C)C(O[Si](C)(C)C)C(C)CCC1. The van der Waals surface area contributed by atoms with Gasteiger partial charge in [-0.25, -0.2) is 4.98 Å². The number of ether oxygens (including phenoxy) is 2. The van der Waals surface area contributed by atoms with Gasteiger partial charge in [-0.15, -0.1) is 11.3 Å². The fourth-order valence-corrected chi connectivity index (χ4v) is 8.86. The van der Waals surface area contributed by atoms with Crippen LogP contribution in [-0.4, -0.2) is 58.8 Å². The number of allylic oxidation sites excluding steroid dienone is 2. The minimum Gasteiger partial charge on any atom is -0.504 e. The topological polar surface area (TPSA) is 84.0 Å². The molecule has 45 heavy (non-hydrogen) atoms. The zero-order valence-electron chi connectivity index (χ0n) is 30.1. The minimum atomic E-state index is -2.15. The number of ketones is 1. The molecule has 1 aliphatic rings. The second kappa shape index (κ2) is 16.8. The van der Waals surface area contributed by atoms with Crippen LogP contribution in [0.25, 0.3) is 6.08 Å². The van der Waals surface area contributed by atoms with Crippen LogP contribution < -0.4 is 0 Å². The van der Waals surface area contributed by atoms with Crippen molar-refractivity contribution in [2.75, 3.05) is 7.11 Å². The van der Waals surface area contributed by atoms with E-state index >= 15 is 0 Å². The zero-order valence-corrected chi connectivity index (χ0v) is 32.9. The van der Waals surface area contributed by atoms with Crippen molar-refractivity contribution >= 4 is 45.8 Å². The maximum absolute atomic E-state index is 14.4. The van der Waals surface area contributed by atoms with Gasteiger partial charge < -0.3 is 18.3 Å². The van der Waals surface area contributed by atoms with Crippen LogP contribution in [0.5, 0.6) is 0 Å². The maximum atomic E-state index is 14.4. The molecule has 0 saturated heterocycles. The number of Topliss-reactive ketones (excluding diaryl/α,β-unsaturated/α-hetero) is 1. The highest BCUT2D eigenvalue weighted by Gasteiger charge is 2.46. The van der Waals surface area contributed by atoms with E-state index in [1.54, 1.807) is 24.7 Å². The predicted octanol–water partition coefficient (Wildman–Crippen LogP) is 9.12. The summed E-state index contributed by atoms with van der Waals surface area (Å²) in [5, 5.41) is 2.99. The lowest BCUT2D eigenvalue weighted by Crippen LogP contribution is -2.51. The van der Waals surface area contributed by atoms with Gasteiger partial charge in [-0.2, -0.15) is 0 Å². The molecule has 0 spiro atoms. The molecule has 3 unspecified atom stereocenters. The van der Waals surface area contributed by atoms with E-state index < -0.39 is 34.3 Å². The second-order valence-corrected chi connectivity index (χ2v) is 25.1. The van der Waals surface area contributed by atoms with Crippen molar-refractivity contribution in [3.8, 4) is 0 Å². The second-order valence-electron chi connectivity index (χ2n) is 15.1. The summed E-state index contributed by atoms with van der Waals surface area (Å²) in [7, 11) is -2.48. The number of thiazole rings is 1. The van der Waals surface area contributed by atoms with Gasteiger partial charge in [0, 0.05) is 23.1 Å². The van der Waals surface area contributed by atoms with Crippen molar-refractivity contribution < 1.29 is 27.9 Å². The van der Waals surface area contributed by atoms with Crippen LogP contribution in [0.2, 0.25) is 39.3 Å². The smallest absolute Gasteiger partial charge is 0.309 e. The van der Waals surface area contributed by atoms with E-state index in [2.05, 4.69) is 57.3 Å². The van der Waals surface area contributed by atoms with Crippen molar-refractivity contribution in [3.05, 3.63) is 45.6 Å². The molecule has 254 valence electrons. The van der Waals surface area contributed by atoms with Gasteiger partial charge in [0.05, 0.1) is 42.7 Å². The number of cyclic esters (lactones) is 1. The van der Waals surface area contributed by atoms with Crippen LogP contribution in [0.3, 0.4) is 0 Å². The zero-order chi connectivity index (χ0) is 34.2. The number of carbonyl (C=O) groups excluding carboxylic acids is 2. The fraction of sp³-hybridized carbons (Fsp3) is 0.686. The van der Waals surface area contributed by atoms with E-state index in [0.29, 0.717) is 6.42 Å². The Kier molecular flexibility index (Phi) is 14.7. The maximum Gasteiger partial charge on any atom is 0.309 e. The lowest BCUT2D eigenvalue weighted by molar-refractivity contribution is -0.153. The Morgan fingerprint density at radius 1 is 1.09 bits per heavy atom. The summed E-state index contributed by atoms with van der Waals surface area (Å²) < 4.78 is 24.9. The number of rotatable bonds is 8. The Morgan fingerprint density at radius 2 is 1.73 bits per heavy atom. The van der Waals surface area contributed by atoms with Gasteiger partial charge in [-0.1, -0.05) is 33.8 Å². The van der Waals surface area contributed by atoms with Gasteiger partial charge in [-0.3, -0.25) is 9.59 Å². The number of aromatic nitrogens is 1. The highest BCUT2D eigenvalue weighted by Crippen LogP contribution is 2.37. The summed E-state index contributed by atoms with van der Waals surface area (Å²) in [6.07, 6.45) is 9.66. The van der Waals surface area contributed by atoms with E-state index in [9.17, 15) is 9.59 Å². The highest BCUT2D eigenvalue weighted by atomic mass is 32.1. The third-order valence-corrected chi connectivity index (χ3v) is 10.9. The van der Waals surface area contributed by atoms with Gasteiger partial charge in [0.2, 0.25) is 0 Å². The third kappa shape index (κ3) is 13.0. The monoisotopic (exact) mass is 677 g/mol. The van der Waals surface area contributed by atoms with Crippen LogP contribution in [0.4, 0.5) is 0 Å². The third-order valence-electron chi connectivity index (χ3n) is 8.18. The number of nitrogens with zero attached hydrogens (tertiary/aromatic N) is 1. The van der Waals surface area contributed by atoms with Crippen molar-refractivity contribution in [2.45, 2.75) is 131 Å². The van der Waals surface area contributed by atoms with E-state index in [-0.39, 0.29) is 36.1 Å². The van der Waals surface area contributed by atoms with Crippen molar-refractivity contribution in [1.29, 1.82) is 0 Å². The molecule has 0 amide bonds. The number of esters is 1. The Bertz CT molecular complexity index is 1220. The molecule has 0 aromatic carbocycles. The molecule has 1 aromatic rings. The van der Waals surface area contributed by atoms with Gasteiger partial charge in [0.15, 0.2) is 16.6 Å². The van der Waals surface area contributed by atoms with E-state index in [1.807, 2.05) is 52.2 Å². The number of hydrogen-bond acceptors (Lipinski definition) is 8. The van der Waals surface area contributed by atoms with E-state index in [1.165, 1.54) is 0 Å². The summed E-state index contributed by atoms with van der Waals surface area (Å²) in [6, 6.07) is 0. The van der Waals surface area contributed by atoms with E-state index in [4.69, 9.17) is 18.3 Å². The van der Waals surface area contributed by atoms with E-state index in [0.717, 1.165) is 41.1 Å². The van der Waals surface area contributed by atoms with Gasteiger partial charge in [-0.05, 0) is 102 Å². The number of aryl methyl sites for hydroxylation is 1. The summed E-state index contributed by atoms with van der Waals surface area (Å²) in [6.45, 7) is 24.8. The van der Waals surface area contributed by atoms with Crippen LogP contribution >= 0.6 is 11.3 Å². The molecule has 5 atom stereocenters. The van der Waals surface area contributed by atoms with Crippen LogP contribution in [0, 0.1) is 24.2 Å². The Morgan fingerprint density at radius 3 is 2.29 bits per heavy atom. The molecule has 0 saturated carbocycles. The first-order chi connectivity index (χ1) is 20.7. The molecule has 0 radical (unpaired) electrons. The largest absolute Gasteiger partial charge is 0.504 e. The average Bonchev–Trinajstić information content (AvgIpc) is 3.32. The Labute approximate surface area is 279 Å². The first kappa shape index (κ1) is 39.3. The molecule has 7 nitrogen and oxygen atoms in total. The molecule has 2 heterocycles. The lowest BCUT2D eigenvalue weighted by Gasteiger charge is -2.41. The van der Waals surface area contributed by atoms with Crippen LogP contribution in [0.15, 0.2) is 34.9 Å². The van der Waals surface area contributed by atoms with Crippen molar-refractivity contribution in [2.24, 2.45) is 17.3 Å². The summed E-state index contributed by atoms with van der Waals surface area (Å²) >= 11 is 1.59. The normalized spacial score (nSPS) is 26.9. The first-order valence-electron chi connectivity index (χ1n) is 16.3. The molecule has 0 aliphatic carbocycles. The molecule has 0 N–H and O–H groups in total. The summed E-state index contributed by atoms with van der Waals surface area (Å²) in [4.78, 5) is 32.8. The standard InChI is InChI=1S/C35H59NO6SSi2/c1-24-15-14-16-28(19-20-39-7)17-18-30(25(2)21-29-23-43-27(4)36-29)40-32(37)22-31(41-44(8,9)10)35(5,6)34(38)26(3)33(24)42-45(11,12)13/h17,19-21,23-24,26,30-31,33H,14-16,18,22H2,1-13H3/t24?,26-,30+,31?,33?/m1/s1. The molecule has 2 rings (SSSR count). The van der Waals surface area contributed by atoms with Crippen LogP contribution in [-0.2, 0) is 27.9 Å². The number of hydrogen-bond donors (Lipinski definition) is 0. The predicted molar refractivity (Wildman–Crippen MR) is 191 cm³/mol. The molecule has 0 bridgehead atoms. The summed E-state index contributed by atoms with van der Waals surface area (Å²) in [5.41, 5.74) is 1.95. The van der Waals surface area contributed by atoms with Crippen molar-refractivity contribution in [1.82, 2.24) is 4.98 Å². The first-order valence-corrected chi connectivity index (χ1v) is 24.0. The highest BCUT2D eigenvalue weighted by molar-refractivity contribution is 7.09. The fourth-order valence-electron chi connectivity index (χ4n) is 5.80. The molecule has 10 heteroatoms. The number of carbonyl (C=O) groups is 2. The van der Waals surface area contributed by atoms with Gasteiger partial charge in [0.25, 0.3) is 0 Å².